The van der Waals surface area contributed by atoms with Gasteiger partial charge in [-0.1, -0.05) is 48.9 Å². The van der Waals surface area contributed by atoms with E-state index in [9.17, 15) is 9.59 Å². The number of rotatable bonds is 6. The van der Waals surface area contributed by atoms with Gasteiger partial charge in [-0.25, -0.2) is 0 Å². The highest BCUT2D eigenvalue weighted by Crippen LogP contribution is 2.26. The molecule has 5 heteroatoms. The first kappa shape index (κ1) is 17.5. The van der Waals surface area contributed by atoms with Gasteiger partial charge in [-0.05, 0) is 43.0 Å². The summed E-state index contributed by atoms with van der Waals surface area (Å²) >= 11 is 6.23. The monoisotopic (exact) mass is 356 g/mol. The molecule has 1 aliphatic rings. The topological polar surface area (TPSA) is 58.2 Å². The van der Waals surface area contributed by atoms with Crippen LogP contribution in [0.4, 0.5) is 5.69 Å². The number of nitrogens with one attached hydrogen (secondary N) is 2. The minimum Gasteiger partial charge on any atom is -0.349 e. The van der Waals surface area contributed by atoms with Crippen LogP contribution in [0.5, 0.6) is 0 Å². The maximum absolute atomic E-state index is 12.6. The van der Waals surface area contributed by atoms with Gasteiger partial charge in [0.15, 0.2) is 0 Å². The molecule has 130 valence electrons. The van der Waals surface area contributed by atoms with Crippen LogP contribution in [-0.4, -0.2) is 17.9 Å². The zero-order chi connectivity index (χ0) is 17.8. The highest BCUT2D eigenvalue weighted by molar-refractivity contribution is 6.34. The van der Waals surface area contributed by atoms with Gasteiger partial charge < -0.3 is 10.6 Å². The Hall–Kier alpha value is -2.33. The van der Waals surface area contributed by atoms with Gasteiger partial charge in [-0.2, -0.15) is 0 Å². The normalized spacial score (nSPS) is 14.6. The summed E-state index contributed by atoms with van der Waals surface area (Å²) in [6.07, 6.45) is 2.75. The van der Waals surface area contributed by atoms with Crippen molar-refractivity contribution in [3.8, 4) is 0 Å². The smallest absolute Gasteiger partial charge is 0.253 e. The van der Waals surface area contributed by atoms with Crippen molar-refractivity contribution < 1.29 is 9.59 Å². The first-order valence-electron chi connectivity index (χ1n) is 8.54. The van der Waals surface area contributed by atoms with Crippen molar-refractivity contribution in [2.45, 2.75) is 38.1 Å². The van der Waals surface area contributed by atoms with Gasteiger partial charge in [-0.3, -0.25) is 9.59 Å². The Kier molecular flexibility index (Phi) is 5.39. The largest absolute Gasteiger partial charge is 0.349 e. The summed E-state index contributed by atoms with van der Waals surface area (Å²) in [5.41, 5.74) is 2.00. The van der Waals surface area contributed by atoms with E-state index in [0.29, 0.717) is 22.7 Å². The minimum atomic E-state index is -0.224. The number of benzene rings is 2. The van der Waals surface area contributed by atoms with Crippen LogP contribution in [0.2, 0.25) is 5.02 Å². The van der Waals surface area contributed by atoms with Gasteiger partial charge >= 0.3 is 0 Å². The Morgan fingerprint density at radius 1 is 1.16 bits per heavy atom. The molecule has 0 unspecified atom stereocenters. The second kappa shape index (κ2) is 7.70. The SMILES string of the molecule is CC[C@@H](C(=O)Nc1ccc(C(=O)NC2CC2)c(Cl)c1)c1ccccc1. The first-order valence-corrected chi connectivity index (χ1v) is 8.92. The molecular formula is C20H21ClN2O2. The molecule has 1 fully saturated rings. The Morgan fingerprint density at radius 3 is 2.48 bits per heavy atom. The molecule has 2 aromatic rings. The Labute approximate surface area is 152 Å². The third-order valence-corrected chi connectivity index (χ3v) is 4.63. The Balaban J connectivity index is 1.70. The van der Waals surface area contributed by atoms with Crippen molar-refractivity contribution >= 4 is 29.1 Å². The summed E-state index contributed by atoms with van der Waals surface area (Å²) in [5.74, 6) is -0.473. The van der Waals surface area contributed by atoms with Crippen molar-refractivity contribution in [2.75, 3.05) is 5.32 Å². The standard InChI is InChI=1S/C20H21ClN2O2/c1-2-16(13-6-4-3-5-7-13)19(24)23-15-10-11-17(18(21)12-15)20(25)22-14-8-9-14/h3-7,10-12,14,16H,2,8-9H2,1H3,(H,22,25)(H,23,24)/t16-/m1/s1. The Bertz CT molecular complexity index is 773. The average Bonchev–Trinajstić information content (AvgIpc) is 3.40. The number of carbonyl (C=O) groups is 2. The van der Waals surface area contributed by atoms with E-state index >= 15 is 0 Å². The van der Waals surface area contributed by atoms with E-state index < -0.39 is 0 Å². The fourth-order valence-corrected chi connectivity index (χ4v) is 3.02. The molecule has 3 rings (SSSR count). The molecule has 0 heterocycles. The molecule has 25 heavy (non-hydrogen) atoms. The van der Waals surface area contributed by atoms with E-state index in [1.165, 1.54) is 0 Å². The average molecular weight is 357 g/mol. The van der Waals surface area contributed by atoms with Crippen LogP contribution in [0.3, 0.4) is 0 Å². The molecule has 2 aromatic carbocycles. The van der Waals surface area contributed by atoms with Crippen LogP contribution in [0, 0.1) is 0 Å². The quantitative estimate of drug-likeness (QED) is 0.807. The van der Waals surface area contributed by atoms with Gasteiger partial charge in [0, 0.05) is 11.7 Å². The van der Waals surface area contributed by atoms with Gasteiger partial charge in [0.25, 0.3) is 5.91 Å². The second-order valence-corrected chi connectivity index (χ2v) is 6.71. The van der Waals surface area contributed by atoms with Crippen LogP contribution in [-0.2, 0) is 4.79 Å². The summed E-state index contributed by atoms with van der Waals surface area (Å²) in [6, 6.07) is 14.9. The van der Waals surface area contributed by atoms with Crippen molar-refractivity contribution in [3.63, 3.8) is 0 Å². The molecule has 0 radical (unpaired) electrons. The summed E-state index contributed by atoms with van der Waals surface area (Å²) in [6.45, 7) is 1.98. The third-order valence-electron chi connectivity index (χ3n) is 4.32. The molecule has 0 saturated heterocycles. The molecule has 2 N–H and O–H groups in total. The van der Waals surface area contributed by atoms with E-state index in [4.69, 9.17) is 11.6 Å². The highest BCUT2D eigenvalue weighted by atomic mass is 35.5. The van der Waals surface area contributed by atoms with Crippen molar-refractivity contribution in [2.24, 2.45) is 0 Å². The fraction of sp³-hybridized carbons (Fsp3) is 0.300. The van der Waals surface area contributed by atoms with E-state index in [2.05, 4.69) is 10.6 Å². The summed E-state index contributed by atoms with van der Waals surface area (Å²) in [5, 5.41) is 6.14. The number of halogens is 1. The van der Waals surface area contributed by atoms with Gasteiger partial charge in [0.1, 0.15) is 0 Å². The zero-order valence-electron chi connectivity index (χ0n) is 14.1. The minimum absolute atomic E-state index is 0.0834. The van der Waals surface area contributed by atoms with Gasteiger partial charge in [-0.15, -0.1) is 0 Å². The molecule has 1 atom stereocenters. The fourth-order valence-electron chi connectivity index (χ4n) is 2.76. The van der Waals surface area contributed by atoms with E-state index in [1.54, 1.807) is 18.2 Å². The number of anilines is 1. The lowest BCUT2D eigenvalue weighted by molar-refractivity contribution is -0.117. The lowest BCUT2D eigenvalue weighted by Crippen LogP contribution is -2.25. The molecular weight excluding hydrogens is 336 g/mol. The van der Waals surface area contributed by atoms with Gasteiger partial charge in [0.05, 0.1) is 16.5 Å². The lowest BCUT2D eigenvalue weighted by atomic mass is 9.95. The molecule has 0 bridgehead atoms. The van der Waals surface area contributed by atoms with Crippen LogP contribution < -0.4 is 10.6 Å². The third kappa shape index (κ3) is 4.40. The first-order chi connectivity index (χ1) is 12.1. The summed E-state index contributed by atoms with van der Waals surface area (Å²) in [4.78, 5) is 24.7. The molecule has 0 aliphatic heterocycles. The number of hydrogen-bond donors (Lipinski definition) is 2. The molecule has 1 saturated carbocycles. The molecule has 2 amide bonds. The maximum atomic E-state index is 12.6. The second-order valence-electron chi connectivity index (χ2n) is 6.30. The summed E-state index contributed by atoms with van der Waals surface area (Å²) in [7, 11) is 0. The van der Waals surface area contributed by atoms with Crippen molar-refractivity contribution in [3.05, 3.63) is 64.7 Å². The number of hydrogen-bond acceptors (Lipinski definition) is 2. The number of amides is 2. The zero-order valence-corrected chi connectivity index (χ0v) is 14.8. The predicted octanol–water partition coefficient (Wildman–Crippen LogP) is 4.36. The van der Waals surface area contributed by atoms with Crippen LogP contribution in [0.25, 0.3) is 0 Å². The lowest BCUT2D eigenvalue weighted by Gasteiger charge is -2.16. The molecule has 1 aliphatic carbocycles. The predicted molar refractivity (Wildman–Crippen MR) is 100 cm³/mol. The molecule has 0 spiro atoms. The Morgan fingerprint density at radius 2 is 1.88 bits per heavy atom. The molecule has 4 nitrogen and oxygen atoms in total. The van der Waals surface area contributed by atoms with E-state index in [0.717, 1.165) is 18.4 Å². The van der Waals surface area contributed by atoms with Crippen LogP contribution >= 0.6 is 11.6 Å². The maximum Gasteiger partial charge on any atom is 0.253 e. The highest BCUT2D eigenvalue weighted by Gasteiger charge is 2.25. The van der Waals surface area contributed by atoms with E-state index in [-0.39, 0.29) is 23.8 Å². The van der Waals surface area contributed by atoms with Crippen LogP contribution in [0.1, 0.15) is 48.0 Å². The van der Waals surface area contributed by atoms with Crippen molar-refractivity contribution in [1.82, 2.24) is 5.32 Å². The van der Waals surface area contributed by atoms with Gasteiger partial charge in [0.2, 0.25) is 5.91 Å². The summed E-state index contributed by atoms with van der Waals surface area (Å²) < 4.78 is 0. The van der Waals surface area contributed by atoms with Crippen molar-refractivity contribution in [1.29, 1.82) is 0 Å². The number of carbonyl (C=O) groups excluding carboxylic acids is 2. The van der Waals surface area contributed by atoms with E-state index in [1.807, 2.05) is 37.3 Å². The molecule has 0 aromatic heterocycles. The van der Waals surface area contributed by atoms with Crippen LogP contribution in [0.15, 0.2) is 48.5 Å².